The third-order valence-corrected chi connectivity index (χ3v) is 4.27. The summed E-state index contributed by atoms with van der Waals surface area (Å²) >= 11 is 3.70. The molecule has 94 valence electrons. The van der Waals surface area contributed by atoms with Gasteiger partial charge in [-0.15, -0.1) is 0 Å². The molecule has 4 heteroatoms. The van der Waals surface area contributed by atoms with Crippen LogP contribution in [0.25, 0.3) is 11.3 Å². The molecule has 0 spiro atoms. The Hall–Kier alpha value is -1.13. The minimum atomic E-state index is 0.561. The maximum atomic E-state index is 4.56. The predicted molar refractivity (Wildman–Crippen MR) is 76.5 cm³/mol. The van der Waals surface area contributed by atoms with E-state index in [2.05, 4.69) is 42.9 Å². The van der Waals surface area contributed by atoms with Crippen LogP contribution in [-0.2, 0) is 0 Å². The first-order valence-corrected chi connectivity index (χ1v) is 7.14. The fourth-order valence-electron chi connectivity index (χ4n) is 2.48. The average Bonchev–Trinajstić information content (AvgIpc) is 2.83. The van der Waals surface area contributed by atoms with Crippen molar-refractivity contribution in [2.45, 2.75) is 18.9 Å². The van der Waals surface area contributed by atoms with Crippen molar-refractivity contribution in [3.8, 4) is 11.3 Å². The maximum Gasteiger partial charge on any atom is 0.113 e. The SMILES string of the molecule is Brc1c(-c2ccccc2)ncn1C1CCNCC1. The van der Waals surface area contributed by atoms with E-state index in [1.165, 1.54) is 12.8 Å². The molecule has 18 heavy (non-hydrogen) atoms. The topological polar surface area (TPSA) is 29.9 Å². The molecule has 1 saturated heterocycles. The van der Waals surface area contributed by atoms with Gasteiger partial charge in [0.2, 0.25) is 0 Å². The van der Waals surface area contributed by atoms with Gasteiger partial charge in [0, 0.05) is 11.6 Å². The molecule has 0 amide bonds. The number of nitrogens with zero attached hydrogens (tertiary/aromatic N) is 2. The van der Waals surface area contributed by atoms with Gasteiger partial charge in [0.15, 0.2) is 0 Å². The lowest BCUT2D eigenvalue weighted by Gasteiger charge is -2.24. The number of imidazole rings is 1. The molecular weight excluding hydrogens is 290 g/mol. The van der Waals surface area contributed by atoms with Crippen molar-refractivity contribution in [2.24, 2.45) is 0 Å². The normalized spacial score (nSPS) is 16.9. The van der Waals surface area contributed by atoms with E-state index in [0.717, 1.165) is 29.0 Å². The summed E-state index contributed by atoms with van der Waals surface area (Å²) in [5.41, 5.74) is 2.20. The van der Waals surface area contributed by atoms with Gasteiger partial charge in [-0.2, -0.15) is 0 Å². The summed E-state index contributed by atoms with van der Waals surface area (Å²) in [4.78, 5) is 4.56. The number of piperidine rings is 1. The van der Waals surface area contributed by atoms with Crippen molar-refractivity contribution in [1.29, 1.82) is 0 Å². The second-order valence-electron chi connectivity index (χ2n) is 4.64. The summed E-state index contributed by atoms with van der Waals surface area (Å²) in [6, 6.07) is 10.9. The van der Waals surface area contributed by atoms with Crippen LogP contribution in [0.1, 0.15) is 18.9 Å². The number of benzene rings is 1. The second-order valence-corrected chi connectivity index (χ2v) is 5.39. The second kappa shape index (κ2) is 5.24. The summed E-state index contributed by atoms with van der Waals surface area (Å²) in [6.45, 7) is 2.19. The van der Waals surface area contributed by atoms with Gasteiger partial charge >= 0.3 is 0 Å². The molecule has 0 unspecified atom stereocenters. The van der Waals surface area contributed by atoms with Gasteiger partial charge in [-0.1, -0.05) is 30.3 Å². The van der Waals surface area contributed by atoms with Crippen molar-refractivity contribution in [3.05, 3.63) is 41.3 Å². The minimum Gasteiger partial charge on any atom is -0.322 e. The van der Waals surface area contributed by atoms with E-state index in [1.807, 2.05) is 24.5 Å². The zero-order chi connectivity index (χ0) is 12.4. The molecule has 1 aromatic heterocycles. The minimum absolute atomic E-state index is 0.561. The van der Waals surface area contributed by atoms with Crippen LogP contribution in [-0.4, -0.2) is 22.6 Å². The Morgan fingerprint density at radius 3 is 2.61 bits per heavy atom. The number of halogens is 1. The Kier molecular flexibility index (Phi) is 3.48. The first-order valence-electron chi connectivity index (χ1n) is 6.35. The molecule has 3 rings (SSSR count). The van der Waals surface area contributed by atoms with Crippen LogP contribution in [0.2, 0.25) is 0 Å². The van der Waals surface area contributed by atoms with Crippen molar-refractivity contribution < 1.29 is 0 Å². The fourth-order valence-corrected chi connectivity index (χ4v) is 3.19. The standard InChI is InChI=1S/C14H16BrN3/c15-14-13(11-4-2-1-3-5-11)17-10-18(14)12-6-8-16-9-7-12/h1-5,10,12,16H,6-9H2. The van der Waals surface area contributed by atoms with Crippen LogP contribution in [0.15, 0.2) is 41.3 Å². The molecule has 2 aromatic rings. The molecule has 1 aliphatic rings. The van der Waals surface area contributed by atoms with Gasteiger partial charge < -0.3 is 9.88 Å². The molecule has 2 heterocycles. The summed E-state index contributed by atoms with van der Waals surface area (Å²) < 4.78 is 3.36. The number of nitrogens with one attached hydrogen (secondary N) is 1. The molecule has 0 aliphatic carbocycles. The third kappa shape index (κ3) is 2.22. The lowest BCUT2D eigenvalue weighted by atomic mass is 10.1. The van der Waals surface area contributed by atoms with E-state index in [-0.39, 0.29) is 0 Å². The van der Waals surface area contributed by atoms with Crippen LogP contribution in [0, 0.1) is 0 Å². The summed E-state index contributed by atoms with van der Waals surface area (Å²) in [5, 5.41) is 3.39. The highest BCUT2D eigenvalue weighted by molar-refractivity contribution is 9.10. The zero-order valence-corrected chi connectivity index (χ0v) is 11.7. The Bertz CT molecular complexity index is 515. The van der Waals surface area contributed by atoms with Gasteiger partial charge in [-0.05, 0) is 41.9 Å². The van der Waals surface area contributed by atoms with Gasteiger partial charge in [0.25, 0.3) is 0 Å². The highest BCUT2D eigenvalue weighted by atomic mass is 79.9. The van der Waals surface area contributed by atoms with Crippen LogP contribution < -0.4 is 5.32 Å². The monoisotopic (exact) mass is 305 g/mol. The molecule has 1 aromatic carbocycles. The van der Waals surface area contributed by atoms with E-state index in [1.54, 1.807) is 0 Å². The molecule has 1 aliphatic heterocycles. The number of aromatic nitrogens is 2. The summed E-state index contributed by atoms with van der Waals surface area (Å²) in [7, 11) is 0. The van der Waals surface area contributed by atoms with Gasteiger partial charge in [0.05, 0.1) is 6.33 Å². The van der Waals surface area contributed by atoms with E-state index in [9.17, 15) is 0 Å². The molecule has 0 saturated carbocycles. The fraction of sp³-hybridized carbons (Fsp3) is 0.357. The van der Waals surface area contributed by atoms with Crippen molar-refractivity contribution >= 4 is 15.9 Å². The first kappa shape index (κ1) is 11.9. The van der Waals surface area contributed by atoms with Crippen LogP contribution in [0.5, 0.6) is 0 Å². The highest BCUT2D eigenvalue weighted by Crippen LogP contribution is 2.31. The number of hydrogen-bond donors (Lipinski definition) is 1. The smallest absolute Gasteiger partial charge is 0.113 e. The van der Waals surface area contributed by atoms with Gasteiger partial charge in [0.1, 0.15) is 10.3 Å². The van der Waals surface area contributed by atoms with Gasteiger partial charge in [-0.25, -0.2) is 4.98 Å². The van der Waals surface area contributed by atoms with E-state index in [4.69, 9.17) is 0 Å². The van der Waals surface area contributed by atoms with E-state index < -0.39 is 0 Å². The van der Waals surface area contributed by atoms with Crippen molar-refractivity contribution in [2.75, 3.05) is 13.1 Å². The average molecular weight is 306 g/mol. The quantitative estimate of drug-likeness (QED) is 0.923. The Morgan fingerprint density at radius 1 is 1.17 bits per heavy atom. The Morgan fingerprint density at radius 2 is 1.89 bits per heavy atom. The van der Waals surface area contributed by atoms with Crippen molar-refractivity contribution in [3.63, 3.8) is 0 Å². The number of hydrogen-bond acceptors (Lipinski definition) is 2. The predicted octanol–water partition coefficient (Wildman–Crippen LogP) is 3.24. The zero-order valence-electron chi connectivity index (χ0n) is 10.1. The van der Waals surface area contributed by atoms with Crippen LogP contribution in [0.4, 0.5) is 0 Å². The molecule has 0 bridgehead atoms. The Balaban J connectivity index is 1.92. The first-order chi connectivity index (χ1) is 8.86. The lowest BCUT2D eigenvalue weighted by molar-refractivity contribution is 0.364. The van der Waals surface area contributed by atoms with Gasteiger partial charge in [-0.3, -0.25) is 0 Å². The maximum absolute atomic E-state index is 4.56. The van der Waals surface area contributed by atoms with Crippen LogP contribution >= 0.6 is 15.9 Å². The van der Waals surface area contributed by atoms with Crippen LogP contribution in [0.3, 0.4) is 0 Å². The molecular formula is C14H16BrN3. The molecule has 1 N–H and O–H groups in total. The molecule has 0 radical (unpaired) electrons. The van der Waals surface area contributed by atoms with E-state index >= 15 is 0 Å². The highest BCUT2D eigenvalue weighted by Gasteiger charge is 2.19. The molecule has 1 fully saturated rings. The summed E-state index contributed by atoms with van der Waals surface area (Å²) in [6.07, 6.45) is 4.30. The Labute approximate surface area is 115 Å². The van der Waals surface area contributed by atoms with Crippen molar-refractivity contribution in [1.82, 2.24) is 14.9 Å². The lowest BCUT2D eigenvalue weighted by Crippen LogP contribution is -2.29. The number of rotatable bonds is 2. The van der Waals surface area contributed by atoms with E-state index in [0.29, 0.717) is 6.04 Å². The largest absolute Gasteiger partial charge is 0.322 e. The molecule has 0 atom stereocenters. The molecule has 3 nitrogen and oxygen atoms in total. The summed E-state index contributed by atoms with van der Waals surface area (Å²) in [5.74, 6) is 0. The third-order valence-electron chi connectivity index (χ3n) is 3.48.